The molecule has 2 aromatic heterocycles. The first-order valence-corrected chi connectivity index (χ1v) is 12.1. The molecule has 4 aromatic rings. The van der Waals surface area contributed by atoms with Gasteiger partial charge in [-0.15, -0.1) is 5.10 Å². The molecule has 0 bridgehead atoms. The molecule has 1 fully saturated rings. The Hall–Kier alpha value is -3.51. The van der Waals surface area contributed by atoms with E-state index in [1.54, 1.807) is 12.1 Å². The molecular formula is C22H20F2N6O3S. The molecule has 1 saturated heterocycles. The third-order valence-electron chi connectivity index (χ3n) is 5.86. The number of aromatic amines is 1. The first-order valence-electron chi connectivity index (χ1n) is 10.7. The Labute approximate surface area is 193 Å². The maximum atomic E-state index is 14.2. The lowest BCUT2D eigenvalue weighted by atomic mass is 9.99. The van der Waals surface area contributed by atoms with E-state index in [0.717, 1.165) is 11.6 Å². The molecule has 1 aliphatic rings. The van der Waals surface area contributed by atoms with Gasteiger partial charge in [-0.25, -0.2) is 26.9 Å². The molecule has 1 atom stereocenters. The SMILES string of the molecule is O=c1[nH]c(C2CCCN(S(=O)(=O)c3ccccc3F)C2)nc2c1nnn2Cc1ccc(F)cc1. The van der Waals surface area contributed by atoms with Crippen LogP contribution in [0.5, 0.6) is 0 Å². The largest absolute Gasteiger partial charge is 0.308 e. The minimum Gasteiger partial charge on any atom is -0.308 e. The smallest absolute Gasteiger partial charge is 0.281 e. The molecule has 12 heteroatoms. The van der Waals surface area contributed by atoms with Crippen molar-refractivity contribution in [2.45, 2.75) is 30.2 Å². The minimum atomic E-state index is -4.05. The molecule has 34 heavy (non-hydrogen) atoms. The number of aromatic nitrogens is 5. The topological polar surface area (TPSA) is 114 Å². The molecule has 0 spiro atoms. The van der Waals surface area contributed by atoms with Gasteiger partial charge in [-0.3, -0.25) is 4.79 Å². The summed E-state index contributed by atoms with van der Waals surface area (Å²) in [4.78, 5) is 19.5. The molecule has 0 aliphatic carbocycles. The highest BCUT2D eigenvalue weighted by Crippen LogP contribution is 2.29. The standard InChI is InChI=1S/C22H20F2N6O3S/c23-16-9-7-14(8-10-16)12-30-21-19(27-28-30)22(31)26-20(25-21)15-4-3-11-29(13-15)34(32,33)18-6-2-1-5-17(18)24/h1-2,5-10,15H,3-4,11-13H2,(H,25,26,31). The summed E-state index contributed by atoms with van der Waals surface area (Å²) < 4.78 is 56.2. The van der Waals surface area contributed by atoms with Gasteiger partial charge in [0.05, 0.1) is 6.54 Å². The van der Waals surface area contributed by atoms with Crippen molar-refractivity contribution in [2.75, 3.05) is 13.1 Å². The number of nitrogens with one attached hydrogen (secondary N) is 1. The van der Waals surface area contributed by atoms with Crippen LogP contribution in [0.1, 0.15) is 30.1 Å². The van der Waals surface area contributed by atoms with E-state index >= 15 is 0 Å². The summed E-state index contributed by atoms with van der Waals surface area (Å²) in [6, 6.07) is 11.1. The van der Waals surface area contributed by atoms with Gasteiger partial charge < -0.3 is 4.98 Å². The minimum absolute atomic E-state index is 0.0463. The quantitative estimate of drug-likeness (QED) is 0.464. The Morgan fingerprint density at radius 2 is 1.85 bits per heavy atom. The van der Waals surface area contributed by atoms with Crippen molar-refractivity contribution in [1.29, 1.82) is 0 Å². The second kappa shape index (κ2) is 8.69. The Bertz CT molecular complexity index is 1520. The van der Waals surface area contributed by atoms with E-state index in [1.165, 1.54) is 39.3 Å². The zero-order chi connectivity index (χ0) is 23.9. The van der Waals surface area contributed by atoms with E-state index in [4.69, 9.17) is 0 Å². The number of fused-ring (bicyclic) bond motifs is 1. The van der Waals surface area contributed by atoms with Crippen molar-refractivity contribution in [1.82, 2.24) is 29.3 Å². The first-order chi connectivity index (χ1) is 16.3. The van der Waals surface area contributed by atoms with Gasteiger partial charge in [0, 0.05) is 19.0 Å². The maximum Gasteiger partial charge on any atom is 0.281 e. The molecular weight excluding hydrogens is 466 g/mol. The molecule has 9 nitrogen and oxygen atoms in total. The second-order valence-electron chi connectivity index (χ2n) is 8.13. The van der Waals surface area contributed by atoms with Crippen LogP contribution in [-0.4, -0.2) is 50.8 Å². The van der Waals surface area contributed by atoms with E-state index in [1.807, 2.05) is 0 Å². The van der Waals surface area contributed by atoms with Gasteiger partial charge in [-0.1, -0.05) is 29.5 Å². The molecule has 0 amide bonds. The summed E-state index contributed by atoms with van der Waals surface area (Å²) in [6.45, 7) is 0.513. The van der Waals surface area contributed by atoms with Crippen molar-refractivity contribution in [3.63, 3.8) is 0 Å². The fraction of sp³-hybridized carbons (Fsp3) is 0.273. The number of hydrogen-bond donors (Lipinski definition) is 1. The number of nitrogens with zero attached hydrogens (tertiary/aromatic N) is 5. The molecule has 2 aromatic carbocycles. The second-order valence-corrected chi connectivity index (χ2v) is 10.0. The van der Waals surface area contributed by atoms with Crippen molar-refractivity contribution in [2.24, 2.45) is 0 Å². The fourth-order valence-electron chi connectivity index (χ4n) is 4.12. The number of H-pyrrole nitrogens is 1. The van der Waals surface area contributed by atoms with Crippen LogP contribution < -0.4 is 5.56 Å². The average Bonchev–Trinajstić information content (AvgIpc) is 3.24. The number of rotatable bonds is 5. The summed E-state index contributed by atoms with van der Waals surface area (Å²) in [5, 5.41) is 7.91. The Morgan fingerprint density at radius 1 is 1.09 bits per heavy atom. The van der Waals surface area contributed by atoms with Crippen molar-refractivity contribution >= 4 is 21.2 Å². The molecule has 1 unspecified atom stereocenters. The summed E-state index contributed by atoms with van der Waals surface area (Å²) >= 11 is 0. The number of sulfonamides is 1. The van der Waals surface area contributed by atoms with Gasteiger partial charge in [-0.05, 0) is 42.7 Å². The van der Waals surface area contributed by atoms with Crippen LogP contribution in [0.2, 0.25) is 0 Å². The van der Waals surface area contributed by atoms with E-state index < -0.39 is 27.3 Å². The lowest BCUT2D eigenvalue weighted by Gasteiger charge is -2.31. The molecule has 5 rings (SSSR count). The first kappa shape index (κ1) is 22.3. The van der Waals surface area contributed by atoms with Crippen LogP contribution in [0, 0.1) is 11.6 Å². The van der Waals surface area contributed by atoms with Gasteiger partial charge in [-0.2, -0.15) is 4.31 Å². The number of benzene rings is 2. The lowest BCUT2D eigenvalue weighted by molar-refractivity contribution is 0.308. The summed E-state index contributed by atoms with van der Waals surface area (Å²) in [7, 11) is -4.05. The van der Waals surface area contributed by atoms with Crippen LogP contribution in [0.25, 0.3) is 11.2 Å². The number of hydrogen-bond acceptors (Lipinski definition) is 6. The van der Waals surface area contributed by atoms with Gasteiger partial charge >= 0.3 is 0 Å². The summed E-state index contributed by atoms with van der Waals surface area (Å²) in [6.07, 6.45) is 1.12. The molecule has 0 radical (unpaired) electrons. The van der Waals surface area contributed by atoms with Crippen molar-refractivity contribution in [3.8, 4) is 0 Å². The summed E-state index contributed by atoms with van der Waals surface area (Å²) in [5.41, 5.74) is 0.561. The van der Waals surface area contributed by atoms with E-state index in [9.17, 15) is 22.0 Å². The highest BCUT2D eigenvalue weighted by atomic mass is 32.2. The van der Waals surface area contributed by atoms with Gasteiger partial charge in [0.2, 0.25) is 10.0 Å². The predicted octanol–water partition coefficient (Wildman–Crippen LogP) is 2.41. The van der Waals surface area contributed by atoms with Crippen LogP contribution in [0.15, 0.2) is 58.2 Å². The normalized spacial score (nSPS) is 17.3. The monoisotopic (exact) mass is 486 g/mol. The molecule has 0 saturated carbocycles. The zero-order valence-electron chi connectivity index (χ0n) is 17.9. The fourth-order valence-corrected chi connectivity index (χ4v) is 5.71. The van der Waals surface area contributed by atoms with Crippen molar-refractivity contribution in [3.05, 3.63) is 81.9 Å². The third-order valence-corrected chi connectivity index (χ3v) is 7.76. The van der Waals surface area contributed by atoms with E-state index in [2.05, 4.69) is 20.3 Å². The lowest BCUT2D eigenvalue weighted by Crippen LogP contribution is -2.40. The maximum absolute atomic E-state index is 14.2. The highest BCUT2D eigenvalue weighted by molar-refractivity contribution is 7.89. The van der Waals surface area contributed by atoms with Crippen LogP contribution in [0.4, 0.5) is 8.78 Å². The van der Waals surface area contributed by atoms with Crippen LogP contribution in [0.3, 0.4) is 0 Å². The average molecular weight is 487 g/mol. The number of piperidine rings is 1. The van der Waals surface area contributed by atoms with Gasteiger partial charge in [0.1, 0.15) is 22.4 Å². The molecule has 1 N–H and O–H groups in total. The third kappa shape index (κ3) is 4.10. The van der Waals surface area contributed by atoms with Gasteiger partial charge in [0.15, 0.2) is 11.2 Å². The Balaban J connectivity index is 1.46. The van der Waals surface area contributed by atoms with E-state index in [0.29, 0.717) is 18.7 Å². The molecule has 176 valence electrons. The molecule has 1 aliphatic heterocycles. The highest BCUT2D eigenvalue weighted by Gasteiger charge is 2.33. The Kier molecular flexibility index (Phi) is 5.70. The summed E-state index contributed by atoms with van der Waals surface area (Å²) in [5.74, 6) is -1.26. The van der Waals surface area contributed by atoms with Crippen molar-refractivity contribution < 1.29 is 17.2 Å². The Morgan fingerprint density at radius 3 is 2.62 bits per heavy atom. The van der Waals surface area contributed by atoms with E-state index in [-0.39, 0.29) is 41.5 Å². The van der Waals surface area contributed by atoms with Crippen LogP contribution in [-0.2, 0) is 16.6 Å². The van der Waals surface area contributed by atoms with Gasteiger partial charge in [0.25, 0.3) is 5.56 Å². The zero-order valence-corrected chi connectivity index (χ0v) is 18.7. The number of halogens is 2. The van der Waals surface area contributed by atoms with Crippen LogP contribution >= 0.6 is 0 Å². The molecule has 3 heterocycles. The predicted molar refractivity (Wildman–Crippen MR) is 119 cm³/mol.